The van der Waals surface area contributed by atoms with E-state index in [1.165, 1.54) is 12.1 Å². The van der Waals surface area contributed by atoms with Crippen LogP contribution in [-0.2, 0) is 0 Å². The highest BCUT2D eigenvalue weighted by Crippen LogP contribution is 2.18. The van der Waals surface area contributed by atoms with E-state index in [-0.39, 0.29) is 17.6 Å². The molecule has 6 heteroatoms. The second-order valence-corrected chi connectivity index (χ2v) is 5.32. The van der Waals surface area contributed by atoms with Crippen LogP contribution in [0.15, 0.2) is 18.2 Å². The van der Waals surface area contributed by atoms with Crippen molar-refractivity contribution in [3.8, 4) is 0 Å². The molecule has 0 saturated carbocycles. The highest BCUT2D eigenvalue weighted by atomic mass is 19.2. The molecular formula is C13H18F2N2O2. The lowest BCUT2D eigenvalue weighted by atomic mass is 9.89. The summed E-state index contributed by atoms with van der Waals surface area (Å²) in [5, 5.41) is 14.3. The Labute approximate surface area is 110 Å². The van der Waals surface area contributed by atoms with Crippen molar-refractivity contribution in [2.24, 2.45) is 5.41 Å². The predicted molar refractivity (Wildman–Crippen MR) is 68.8 cm³/mol. The van der Waals surface area contributed by atoms with Gasteiger partial charge in [0.2, 0.25) is 0 Å². The Kier molecular flexibility index (Phi) is 4.83. The molecule has 0 bridgehead atoms. The van der Waals surface area contributed by atoms with Gasteiger partial charge in [0.15, 0.2) is 11.6 Å². The molecule has 1 atom stereocenters. The molecule has 0 heterocycles. The molecule has 0 aliphatic heterocycles. The first-order chi connectivity index (χ1) is 8.71. The van der Waals surface area contributed by atoms with Crippen molar-refractivity contribution in [3.05, 3.63) is 29.8 Å². The molecule has 0 aliphatic carbocycles. The first-order valence-electron chi connectivity index (χ1n) is 5.88. The summed E-state index contributed by atoms with van der Waals surface area (Å²) in [6.45, 7) is 5.49. The van der Waals surface area contributed by atoms with E-state index < -0.39 is 23.8 Å². The van der Waals surface area contributed by atoms with Gasteiger partial charge in [-0.3, -0.25) is 0 Å². The molecule has 2 amide bonds. The maximum Gasteiger partial charge on any atom is 0.319 e. The molecule has 0 aromatic heterocycles. The SMILES string of the molecule is CC(C)(C)C(O)CNC(=O)Nc1cccc(F)c1F. The fourth-order valence-corrected chi connectivity index (χ4v) is 1.26. The number of hydrogen-bond acceptors (Lipinski definition) is 2. The van der Waals surface area contributed by atoms with E-state index >= 15 is 0 Å². The number of benzene rings is 1. The van der Waals surface area contributed by atoms with Gasteiger partial charge in [-0.15, -0.1) is 0 Å². The lowest BCUT2D eigenvalue weighted by molar-refractivity contribution is 0.0654. The van der Waals surface area contributed by atoms with E-state index in [4.69, 9.17) is 0 Å². The zero-order valence-electron chi connectivity index (χ0n) is 11.1. The van der Waals surface area contributed by atoms with Gasteiger partial charge in [-0.1, -0.05) is 26.8 Å². The molecule has 19 heavy (non-hydrogen) atoms. The average molecular weight is 272 g/mol. The Morgan fingerprint density at radius 3 is 2.58 bits per heavy atom. The summed E-state index contributed by atoms with van der Waals surface area (Å²) >= 11 is 0. The molecule has 4 nitrogen and oxygen atoms in total. The van der Waals surface area contributed by atoms with Crippen LogP contribution < -0.4 is 10.6 Å². The van der Waals surface area contributed by atoms with Crippen molar-refractivity contribution in [2.75, 3.05) is 11.9 Å². The minimum atomic E-state index is -1.12. The minimum absolute atomic E-state index is 0.0201. The summed E-state index contributed by atoms with van der Waals surface area (Å²) in [6.07, 6.45) is -0.740. The molecule has 1 aromatic rings. The first-order valence-corrected chi connectivity index (χ1v) is 5.88. The Morgan fingerprint density at radius 1 is 1.37 bits per heavy atom. The standard InChI is InChI=1S/C13H18F2N2O2/c1-13(2,3)10(18)7-16-12(19)17-9-6-4-5-8(14)11(9)15/h4-6,10,18H,7H2,1-3H3,(H2,16,17,19). The van der Waals surface area contributed by atoms with Crippen molar-refractivity contribution >= 4 is 11.7 Å². The van der Waals surface area contributed by atoms with E-state index in [9.17, 15) is 18.7 Å². The van der Waals surface area contributed by atoms with Crippen LogP contribution in [0.1, 0.15) is 20.8 Å². The zero-order chi connectivity index (χ0) is 14.6. The van der Waals surface area contributed by atoms with E-state index in [2.05, 4.69) is 10.6 Å². The van der Waals surface area contributed by atoms with Crippen LogP contribution in [-0.4, -0.2) is 23.8 Å². The van der Waals surface area contributed by atoms with Gasteiger partial charge in [-0.05, 0) is 17.5 Å². The summed E-state index contributed by atoms with van der Waals surface area (Å²) in [7, 11) is 0. The minimum Gasteiger partial charge on any atom is -0.391 e. The van der Waals surface area contributed by atoms with E-state index in [0.29, 0.717) is 0 Å². The zero-order valence-corrected chi connectivity index (χ0v) is 11.1. The van der Waals surface area contributed by atoms with Gasteiger partial charge in [0.25, 0.3) is 0 Å². The lowest BCUT2D eigenvalue weighted by Gasteiger charge is -2.25. The van der Waals surface area contributed by atoms with Crippen molar-refractivity contribution in [2.45, 2.75) is 26.9 Å². The van der Waals surface area contributed by atoms with Crippen molar-refractivity contribution in [1.82, 2.24) is 5.32 Å². The first kappa shape index (κ1) is 15.4. The summed E-state index contributed by atoms with van der Waals surface area (Å²) in [5.41, 5.74) is -0.625. The third-order valence-corrected chi connectivity index (χ3v) is 2.66. The fraction of sp³-hybridized carbons (Fsp3) is 0.462. The van der Waals surface area contributed by atoms with Crippen LogP contribution in [0.5, 0.6) is 0 Å². The normalized spacial score (nSPS) is 12.9. The van der Waals surface area contributed by atoms with Crippen molar-refractivity contribution < 1.29 is 18.7 Å². The van der Waals surface area contributed by atoms with E-state index in [0.717, 1.165) is 6.07 Å². The monoisotopic (exact) mass is 272 g/mol. The summed E-state index contributed by atoms with van der Waals surface area (Å²) in [5.74, 6) is -2.15. The molecule has 3 N–H and O–H groups in total. The van der Waals surface area contributed by atoms with Gasteiger partial charge in [0.1, 0.15) is 0 Å². The predicted octanol–water partition coefficient (Wildman–Crippen LogP) is 2.49. The third-order valence-electron chi connectivity index (χ3n) is 2.66. The molecule has 1 unspecified atom stereocenters. The number of halogens is 2. The number of nitrogens with one attached hydrogen (secondary N) is 2. The summed E-state index contributed by atoms with van der Waals surface area (Å²) in [6, 6.07) is 2.80. The largest absolute Gasteiger partial charge is 0.391 e. The van der Waals surface area contributed by atoms with Gasteiger partial charge >= 0.3 is 6.03 Å². The Hall–Kier alpha value is -1.69. The number of aliphatic hydroxyl groups is 1. The van der Waals surface area contributed by atoms with Gasteiger partial charge in [-0.25, -0.2) is 13.6 Å². The second kappa shape index (κ2) is 5.97. The summed E-state index contributed by atoms with van der Waals surface area (Å²) < 4.78 is 26.2. The second-order valence-electron chi connectivity index (χ2n) is 5.32. The highest BCUT2D eigenvalue weighted by Gasteiger charge is 2.22. The molecule has 106 valence electrons. The number of amides is 2. The smallest absolute Gasteiger partial charge is 0.319 e. The number of anilines is 1. The number of rotatable bonds is 3. The molecule has 0 saturated heterocycles. The Balaban J connectivity index is 2.55. The number of aliphatic hydroxyl groups excluding tert-OH is 1. The van der Waals surface area contributed by atoms with Gasteiger partial charge in [0.05, 0.1) is 11.8 Å². The van der Waals surface area contributed by atoms with Crippen LogP contribution >= 0.6 is 0 Å². The van der Waals surface area contributed by atoms with Gasteiger partial charge < -0.3 is 15.7 Å². The van der Waals surface area contributed by atoms with E-state index in [1.807, 2.05) is 20.8 Å². The van der Waals surface area contributed by atoms with Gasteiger partial charge in [0, 0.05) is 6.54 Å². The van der Waals surface area contributed by atoms with Crippen LogP contribution in [0, 0.1) is 17.0 Å². The number of carbonyl (C=O) groups excluding carboxylic acids is 1. The molecular weight excluding hydrogens is 254 g/mol. The van der Waals surface area contributed by atoms with E-state index in [1.54, 1.807) is 0 Å². The van der Waals surface area contributed by atoms with Crippen LogP contribution in [0.4, 0.5) is 19.3 Å². The number of hydrogen-bond donors (Lipinski definition) is 3. The molecule has 0 spiro atoms. The maximum absolute atomic E-state index is 13.3. The fourth-order valence-electron chi connectivity index (χ4n) is 1.26. The van der Waals surface area contributed by atoms with Crippen LogP contribution in [0.25, 0.3) is 0 Å². The van der Waals surface area contributed by atoms with Gasteiger partial charge in [-0.2, -0.15) is 0 Å². The maximum atomic E-state index is 13.3. The van der Waals surface area contributed by atoms with Crippen LogP contribution in [0.3, 0.4) is 0 Å². The van der Waals surface area contributed by atoms with Crippen molar-refractivity contribution in [1.29, 1.82) is 0 Å². The third kappa shape index (κ3) is 4.48. The number of urea groups is 1. The lowest BCUT2D eigenvalue weighted by Crippen LogP contribution is -2.41. The Morgan fingerprint density at radius 2 is 2.00 bits per heavy atom. The molecule has 1 aromatic carbocycles. The average Bonchev–Trinajstić information content (AvgIpc) is 2.30. The number of carbonyl (C=O) groups is 1. The topological polar surface area (TPSA) is 61.4 Å². The molecule has 0 aliphatic rings. The van der Waals surface area contributed by atoms with Crippen LogP contribution in [0.2, 0.25) is 0 Å². The highest BCUT2D eigenvalue weighted by molar-refractivity contribution is 5.89. The van der Waals surface area contributed by atoms with Crippen molar-refractivity contribution in [3.63, 3.8) is 0 Å². The summed E-state index contributed by atoms with van der Waals surface area (Å²) in [4.78, 5) is 11.5. The quantitative estimate of drug-likeness (QED) is 0.791. The Bertz CT molecular complexity index is 458. The molecule has 1 rings (SSSR count). The molecule has 0 radical (unpaired) electrons. The molecule has 0 fully saturated rings.